The van der Waals surface area contributed by atoms with E-state index in [0.29, 0.717) is 0 Å². The summed E-state index contributed by atoms with van der Waals surface area (Å²) in [5.41, 5.74) is 4.31. The molecule has 8 rings (SSSR count). The first kappa shape index (κ1) is 22.2. The van der Waals surface area contributed by atoms with Gasteiger partial charge < -0.3 is 0 Å². The lowest BCUT2D eigenvalue weighted by atomic mass is 9.90. The molecule has 0 N–H and O–H groups in total. The standard InChI is InChI=1S/C35H21N3S/c1-2-10-25-22(7-1)8-5-13-26(25)32-27-11-3-4-12-28(27)35(29-18-20-36-21-30(29)32)39-31-17-16-24-15-14-23-9-6-19-37-33(23)34(24)38-31/h1-21H. The first-order chi connectivity index (χ1) is 19.3. The number of pyridine rings is 3. The average molecular weight is 516 g/mol. The van der Waals surface area contributed by atoms with Crippen LogP contribution in [0, 0.1) is 0 Å². The van der Waals surface area contributed by atoms with Crippen LogP contribution >= 0.6 is 11.8 Å². The summed E-state index contributed by atoms with van der Waals surface area (Å²) < 4.78 is 0. The fourth-order valence-corrected chi connectivity index (χ4v) is 6.75. The van der Waals surface area contributed by atoms with Crippen LogP contribution in [0.15, 0.2) is 138 Å². The number of rotatable bonds is 3. The fourth-order valence-electron chi connectivity index (χ4n) is 5.69. The quantitative estimate of drug-likeness (QED) is 0.173. The van der Waals surface area contributed by atoms with Gasteiger partial charge in [-0.2, -0.15) is 0 Å². The lowest BCUT2D eigenvalue weighted by molar-refractivity contribution is 1.19. The summed E-state index contributed by atoms with van der Waals surface area (Å²) in [5.74, 6) is 0. The highest BCUT2D eigenvalue weighted by Crippen LogP contribution is 2.46. The van der Waals surface area contributed by atoms with Crippen LogP contribution in [-0.4, -0.2) is 15.0 Å². The molecule has 3 aromatic heterocycles. The van der Waals surface area contributed by atoms with Crippen molar-refractivity contribution in [1.29, 1.82) is 0 Å². The van der Waals surface area contributed by atoms with Crippen molar-refractivity contribution in [2.24, 2.45) is 0 Å². The number of fused-ring (bicyclic) bond motifs is 6. The van der Waals surface area contributed by atoms with E-state index in [4.69, 9.17) is 4.98 Å². The summed E-state index contributed by atoms with van der Waals surface area (Å²) >= 11 is 1.71. The maximum absolute atomic E-state index is 5.12. The smallest absolute Gasteiger partial charge is 0.102 e. The number of nitrogens with zero attached hydrogens (tertiary/aromatic N) is 3. The molecule has 5 aromatic carbocycles. The molecule has 0 bridgehead atoms. The first-order valence-corrected chi connectivity index (χ1v) is 13.8. The van der Waals surface area contributed by atoms with E-state index in [9.17, 15) is 0 Å². The van der Waals surface area contributed by atoms with Gasteiger partial charge in [-0.3, -0.25) is 9.97 Å². The van der Waals surface area contributed by atoms with Gasteiger partial charge in [0.25, 0.3) is 0 Å². The number of aromatic nitrogens is 3. The van der Waals surface area contributed by atoms with Gasteiger partial charge in [-0.05, 0) is 56.3 Å². The molecule has 0 saturated heterocycles. The van der Waals surface area contributed by atoms with Crippen LogP contribution in [0.3, 0.4) is 0 Å². The second-order valence-corrected chi connectivity index (χ2v) is 10.7. The predicted molar refractivity (Wildman–Crippen MR) is 163 cm³/mol. The van der Waals surface area contributed by atoms with E-state index in [1.54, 1.807) is 11.8 Å². The highest BCUT2D eigenvalue weighted by molar-refractivity contribution is 7.99. The number of hydrogen-bond donors (Lipinski definition) is 0. The fraction of sp³-hybridized carbons (Fsp3) is 0. The van der Waals surface area contributed by atoms with Gasteiger partial charge >= 0.3 is 0 Å². The summed E-state index contributed by atoms with van der Waals surface area (Å²) in [6.07, 6.45) is 5.73. The van der Waals surface area contributed by atoms with Crippen molar-refractivity contribution in [3.8, 4) is 11.1 Å². The van der Waals surface area contributed by atoms with E-state index in [1.165, 1.54) is 43.0 Å². The minimum absolute atomic E-state index is 0.931. The molecule has 0 radical (unpaired) electrons. The molecule has 0 aliphatic rings. The molecule has 0 atom stereocenters. The second kappa shape index (κ2) is 8.90. The highest BCUT2D eigenvalue weighted by atomic mass is 32.2. The Bertz CT molecular complexity index is 2160. The Morgan fingerprint density at radius 1 is 0.487 bits per heavy atom. The monoisotopic (exact) mass is 515 g/mol. The van der Waals surface area contributed by atoms with Crippen molar-refractivity contribution in [3.05, 3.63) is 128 Å². The molecule has 182 valence electrons. The molecule has 0 amide bonds. The van der Waals surface area contributed by atoms with E-state index in [0.717, 1.165) is 32.2 Å². The first-order valence-electron chi connectivity index (χ1n) is 12.9. The van der Waals surface area contributed by atoms with Gasteiger partial charge in [0.1, 0.15) is 5.03 Å². The summed E-state index contributed by atoms with van der Waals surface area (Å²) in [6, 6.07) is 38.5. The van der Waals surface area contributed by atoms with Crippen molar-refractivity contribution < 1.29 is 0 Å². The minimum atomic E-state index is 0.931. The molecule has 39 heavy (non-hydrogen) atoms. The van der Waals surface area contributed by atoms with Crippen molar-refractivity contribution in [2.75, 3.05) is 0 Å². The summed E-state index contributed by atoms with van der Waals surface area (Å²) in [5, 5.41) is 10.4. The largest absolute Gasteiger partial charge is 0.264 e. The predicted octanol–water partition coefficient (Wildman–Crippen LogP) is 9.46. The van der Waals surface area contributed by atoms with Crippen LogP contribution in [-0.2, 0) is 0 Å². The van der Waals surface area contributed by atoms with Crippen molar-refractivity contribution >= 4 is 65.9 Å². The molecular weight excluding hydrogens is 494 g/mol. The zero-order valence-corrected chi connectivity index (χ0v) is 21.7. The Hall–Kier alpha value is -4.80. The Kier molecular flexibility index (Phi) is 5.07. The topological polar surface area (TPSA) is 38.7 Å². The molecule has 0 saturated carbocycles. The molecule has 0 aliphatic carbocycles. The zero-order chi connectivity index (χ0) is 25.8. The molecule has 4 heteroatoms. The van der Waals surface area contributed by atoms with Crippen LogP contribution in [0.25, 0.3) is 65.3 Å². The van der Waals surface area contributed by atoms with Gasteiger partial charge in [0, 0.05) is 39.6 Å². The van der Waals surface area contributed by atoms with Crippen molar-refractivity contribution in [3.63, 3.8) is 0 Å². The highest BCUT2D eigenvalue weighted by Gasteiger charge is 2.18. The SMILES string of the molecule is c1ccc2c(-c3c4ccccc4c(Sc4ccc5ccc6cccnc6c5n4)c4ccncc34)cccc2c1. The molecule has 3 heterocycles. The Morgan fingerprint density at radius 2 is 1.21 bits per heavy atom. The summed E-state index contributed by atoms with van der Waals surface area (Å²) in [4.78, 5) is 15.5. The number of benzene rings is 5. The second-order valence-electron chi connectivity index (χ2n) is 9.66. The minimum Gasteiger partial charge on any atom is -0.264 e. The van der Waals surface area contributed by atoms with Crippen molar-refractivity contribution in [1.82, 2.24) is 15.0 Å². The maximum atomic E-state index is 5.12. The van der Waals surface area contributed by atoms with Crippen LogP contribution in [0.1, 0.15) is 0 Å². The molecule has 0 aliphatic heterocycles. The van der Waals surface area contributed by atoms with Crippen molar-refractivity contribution in [2.45, 2.75) is 9.92 Å². The third-order valence-electron chi connectivity index (χ3n) is 7.45. The Labute approximate surface area is 229 Å². The van der Waals surface area contributed by atoms with Crippen LogP contribution in [0.2, 0.25) is 0 Å². The van der Waals surface area contributed by atoms with E-state index >= 15 is 0 Å². The van der Waals surface area contributed by atoms with Gasteiger partial charge in [-0.1, -0.05) is 103 Å². The molecule has 8 aromatic rings. The zero-order valence-electron chi connectivity index (χ0n) is 20.9. The summed E-state index contributed by atoms with van der Waals surface area (Å²) in [7, 11) is 0. The third kappa shape index (κ3) is 3.57. The lowest BCUT2D eigenvalue weighted by Crippen LogP contribution is -1.92. The molecule has 0 fully saturated rings. The van der Waals surface area contributed by atoms with Crippen LogP contribution in [0.4, 0.5) is 0 Å². The average Bonchev–Trinajstić information content (AvgIpc) is 3.01. The van der Waals surface area contributed by atoms with Gasteiger partial charge in [-0.25, -0.2) is 4.98 Å². The molecule has 3 nitrogen and oxygen atoms in total. The molecule has 0 unspecified atom stereocenters. The van der Waals surface area contributed by atoms with E-state index < -0.39 is 0 Å². The molecular formula is C35H21N3S. The van der Waals surface area contributed by atoms with Crippen LogP contribution < -0.4 is 0 Å². The van der Waals surface area contributed by atoms with E-state index in [1.807, 2.05) is 24.7 Å². The van der Waals surface area contributed by atoms with E-state index in [2.05, 4.69) is 113 Å². The summed E-state index contributed by atoms with van der Waals surface area (Å²) in [6.45, 7) is 0. The van der Waals surface area contributed by atoms with Gasteiger partial charge in [0.2, 0.25) is 0 Å². The molecule has 0 spiro atoms. The van der Waals surface area contributed by atoms with Crippen LogP contribution in [0.5, 0.6) is 0 Å². The van der Waals surface area contributed by atoms with E-state index in [-0.39, 0.29) is 0 Å². The third-order valence-corrected chi connectivity index (χ3v) is 8.53. The van der Waals surface area contributed by atoms with Gasteiger partial charge in [-0.15, -0.1) is 0 Å². The normalized spacial score (nSPS) is 11.7. The Balaban J connectivity index is 1.40. The lowest BCUT2D eigenvalue weighted by Gasteiger charge is -2.17. The maximum Gasteiger partial charge on any atom is 0.102 e. The van der Waals surface area contributed by atoms with Gasteiger partial charge in [0.05, 0.1) is 11.0 Å². The number of hydrogen-bond acceptors (Lipinski definition) is 4. The van der Waals surface area contributed by atoms with Gasteiger partial charge in [0.15, 0.2) is 0 Å². The Morgan fingerprint density at radius 3 is 2.13 bits per heavy atom.